The number of rotatable bonds is 4. The van der Waals surface area contributed by atoms with Gasteiger partial charge in [0.05, 0.1) is 37.1 Å². The first-order valence-electron chi connectivity index (χ1n) is 9.68. The number of nitriles is 1. The van der Waals surface area contributed by atoms with Gasteiger partial charge < -0.3 is 9.47 Å². The number of nitrogens with zero attached hydrogens (tertiary/aromatic N) is 2. The van der Waals surface area contributed by atoms with Crippen LogP contribution >= 0.6 is 0 Å². The lowest BCUT2D eigenvalue weighted by molar-refractivity contribution is 0.308. The molecule has 1 aliphatic carbocycles. The Kier molecular flexibility index (Phi) is 4.85. The molecule has 0 saturated heterocycles. The molecule has 4 rings (SSSR count). The maximum Gasteiger partial charge on any atom is 0.161 e. The lowest BCUT2D eigenvalue weighted by Crippen LogP contribution is -2.29. The molecule has 1 heterocycles. The highest BCUT2D eigenvalue weighted by Crippen LogP contribution is 2.44. The minimum absolute atomic E-state index is 0.319. The molecule has 0 amide bonds. The number of ether oxygens (including phenoxy) is 2. The molecule has 138 valence electrons. The molecule has 0 aromatic heterocycles. The Bertz CT molecular complexity index is 909. The van der Waals surface area contributed by atoms with E-state index in [0.29, 0.717) is 24.1 Å². The molecule has 0 unspecified atom stereocenters. The topological polar surface area (TPSA) is 54.6 Å². The second-order valence-corrected chi connectivity index (χ2v) is 7.15. The van der Waals surface area contributed by atoms with E-state index in [4.69, 9.17) is 19.7 Å². The zero-order chi connectivity index (χ0) is 18.8. The highest BCUT2D eigenvalue weighted by atomic mass is 16.5. The predicted octanol–water partition coefficient (Wildman–Crippen LogP) is 4.84. The molecule has 4 heteroatoms. The van der Waals surface area contributed by atoms with E-state index < -0.39 is 0 Å². The van der Waals surface area contributed by atoms with Crippen molar-refractivity contribution in [2.45, 2.75) is 44.6 Å². The summed E-state index contributed by atoms with van der Waals surface area (Å²) >= 11 is 0. The molecular formula is C23H24N2O2. The van der Waals surface area contributed by atoms with Crippen LogP contribution in [0.15, 0.2) is 41.4 Å². The molecule has 0 N–H and O–H groups in total. The fraction of sp³-hybridized carbons (Fsp3) is 0.391. The summed E-state index contributed by atoms with van der Waals surface area (Å²) in [7, 11) is 1.68. The van der Waals surface area contributed by atoms with E-state index >= 15 is 0 Å². The quantitative estimate of drug-likeness (QED) is 0.784. The van der Waals surface area contributed by atoms with Crippen LogP contribution < -0.4 is 9.47 Å². The van der Waals surface area contributed by atoms with Crippen molar-refractivity contribution < 1.29 is 9.47 Å². The van der Waals surface area contributed by atoms with Crippen molar-refractivity contribution in [2.75, 3.05) is 13.7 Å². The summed E-state index contributed by atoms with van der Waals surface area (Å²) in [5.74, 6) is 2.00. The van der Waals surface area contributed by atoms with Crippen molar-refractivity contribution in [1.82, 2.24) is 0 Å². The van der Waals surface area contributed by atoms with E-state index in [-0.39, 0.29) is 0 Å². The van der Waals surface area contributed by atoms with Gasteiger partial charge in [-0.05, 0) is 49.6 Å². The third kappa shape index (κ3) is 3.19. The van der Waals surface area contributed by atoms with Gasteiger partial charge in [-0.1, -0.05) is 25.0 Å². The van der Waals surface area contributed by atoms with E-state index in [9.17, 15) is 0 Å². The molecular weight excluding hydrogens is 336 g/mol. The van der Waals surface area contributed by atoms with Gasteiger partial charge in [0.2, 0.25) is 0 Å². The van der Waals surface area contributed by atoms with E-state index in [1.165, 1.54) is 24.8 Å². The van der Waals surface area contributed by atoms with Crippen LogP contribution in [0.4, 0.5) is 0 Å². The fourth-order valence-corrected chi connectivity index (χ4v) is 4.31. The Morgan fingerprint density at radius 3 is 2.59 bits per heavy atom. The highest BCUT2D eigenvalue weighted by Gasteiger charge is 2.34. The number of benzene rings is 2. The summed E-state index contributed by atoms with van der Waals surface area (Å²) in [5, 5.41) is 9.09. The maximum absolute atomic E-state index is 9.09. The molecule has 0 radical (unpaired) electrons. The summed E-state index contributed by atoms with van der Waals surface area (Å²) in [6.45, 7) is 2.60. The molecule has 4 nitrogen and oxygen atoms in total. The van der Waals surface area contributed by atoms with E-state index in [1.807, 2.05) is 31.2 Å². The standard InChI is InChI=1S/C23H24N2O2/c1-3-27-22-12-18-17-6-4-5-7-20(17)25-23(19(18)13-21(22)26-2)16-10-8-15(14-24)9-11-16/h8-13,17,20H,3-7H2,1-2H3/t17-,20-/m1/s1. The van der Waals surface area contributed by atoms with Crippen molar-refractivity contribution in [3.8, 4) is 17.6 Å². The van der Waals surface area contributed by atoms with Gasteiger partial charge in [-0.25, -0.2) is 0 Å². The zero-order valence-electron chi connectivity index (χ0n) is 15.9. The number of methoxy groups -OCH3 is 1. The molecule has 2 aromatic carbocycles. The lowest BCUT2D eigenvalue weighted by Gasteiger charge is -2.35. The van der Waals surface area contributed by atoms with Gasteiger partial charge in [0.25, 0.3) is 0 Å². The Morgan fingerprint density at radius 1 is 1.11 bits per heavy atom. The van der Waals surface area contributed by atoms with Crippen molar-refractivity contribution in [3.63, 3.8) is 0 Å². The minimum atomic E-state index is 0.319. The molecule has 1 saturated carbocycles. The van der Waals surface area contributed by atoms with Gasteiger partial charge in [-0.15, -0.1) is 0 Å². The number of hydrogen-bond donors (Lipinski definition) is 0. The Balaban J connectivity index is 1.87. The summed E-state index contributed by atoms with van der Waals surface area (Å²) in [4.78, 5) is 5.16. The summed E-state index contributed by atoms with van der Waals surface area (Å²) in [6.07, 6.45) is 4.77. The number of fused-ring (bicyclic) bond motifs is 3. The third-order valence-electron chi connectivity index (χ3n) is 5.60. The molecule has 2 aliphatic rings. The largest absolute Gasteiger partial charge is 0.493 e. The summed E-state index contributed by atoms with van der Waals surface area (Å²) in [6, 6.07) is 14.4. The van der Waals surface area contributed by atoms with Crippen molar-refractivity contribution in [2.24, 2.45) is 4.99 Å². The molecule has 1 fully saturated rings. The molecule has 2 atom stereocenters. The van der Waals surface area contributed by atoms with Gasteiger partial charge in [0.1, 0.15) is 0 Å². The first kappa shape index (κ1) is 17.6. The van der Waals surface area contributed by atoms with Gasteiger partial charge in [0.15, 0.2) is 11.5 Å². The Morgan fingerprint density at radius 2 is 1.89 bits per heavy atom. The normalized spacial score (nSPS) is 20.7. The van der Waals surface area contributed by atoms with Gasteiger partial charge in [-0.3, -0.25) is 4.99 Å². The average molecular weight is 360 g/mol. The van der Waals surface area contributed by atoms with Gasteiger partial charge in [-0.2, -0.15) is 5.26 Å². The SMILES string of the molecule is CCOc1cc2c(cc1OC)C(c1ccc(C#N)cc1)=N[C@@H]1CCCC[C@H]21. The molecule has 27 heavy (non-hydrogen) atoms. The van der Waals surface area contributed by atoms with Crippen molar-refractivity contribution in [3.05, 3.63) is 58.7 Å². The predicted molar refractivity (Wildman–Crippen MR) is 106 cm³/mol. The smallest absolute Gasteiger partial charge is 0.161 e. The zero-order valence-corrected chi connectivity index (χ0v) is 15.9. The van der Waals surface area contributed by atoms with Crippen molar-refractivity contribution in [1.29, 1.82) is 5.26 Å². The summed E-state index contributed by atoms with van der Waals surface area (Å²) in [5.41, 5.74) is 5.15. The molecule has 1 aliphatic heterocycles. The van der Waals surface area contributed by atoms with Crippen LogP contribution in [0.1, 0.15) is 60.8 Å². The van der Waals surface area contributed by atoms with E-state index in [2.05, 4.69) is 18.2 Å². The maximum atomic E-state index is 9.09. The first-order valence-corrected chi connectivity index (χ1v) is 9.68. The second-order valence-electron chi connectivity index (χ2n) is 7.15. The third-order valence-corrected chi connectivity index (χ3v) is 5.60. The number of aliphatic imine (C=N–C) groups is 1. The molecule has 0 spiro atoms. The average Bonchev–Trinajstić information content (AvgIpc) is 2.73. The van der Waals surface area contributed by atoms with Crippen LogP contribution in [0.5, 0.6) is 11.5 Å². The first-order chi connectivity index (χ1) is 13.2. The monoisotopic (exact) mass is 360 g/mol. The van der Waals surface area contributed by atoms with Crippen molar-refractivity contribution >= 4 is 5.71 Å². The van der Waals surface area contributed by atoms with E-state index in [1.54, 1.807) is 7.11 Å². The van der Waals surface area contributed by atoms with Gasteiger partial charge >= 0.3 is 0 Å². The van der Waals surface area contributed by atoms with Crippen LogP contribution in [0.25, 0.3) is 0 Å². The number of hydrogen-bond acceptors (Lipinski definition) is 4. The van der Waals surface area contributed by atoms with Crippen LogP contribution in [0, 0.1) is 11.3 Å². The van der Waals surface area contributed by atoms with Gasteiger partial charge in [0, 0.05) is 17.0 Å². The Hall–Kier alpha value is -2.80. The van der Waals surface area contributed by atoms with Crippen LogP contribution in [-0.2, 0) is 0 Å². The highest BCUT2D eigenvalue weighted by molar-refractivity contribution is 6.15. The van der Waals surface area contributed by atoms with Crippen LogP contribution in [-0.4, -0.2) is 25.5 Å². The van der Waals surface area contributed by atoms with E-state index in [0.717, 1.165) is 34.8 Å². The molecule has 2 aromatic rings. The Labute approximate surface area is 160 Å². The lowest BCUT2D eigenvalue weighted by atomic mass is 9.75. The summed E-state index contributed by atoms with van der Waals surface area (Å²) < 4.78 is 11.4. The molecule has 0 bridgehead atoms. The van der Waals surface area contributed by atoms with Crippen LogP contribution in [0.2, 0.25) is 0 Å². The second kappa shape index (κ2) is 7.44. The van der Waals surface area contributed by atoms with Crippen LogP contribution in [0.3, 0.4) is 0 Å². The fourth-order valence-electron chi connectivity index (χ4n) is 4.31. The minimum Gasteiger partial charge on any atom is -0.493 e.